The fourth-order valence-corrected chi connectivity index (χ4v) is 2.02. The van der Waals surface area contributed by atoms with Crippen LogP contribution in [0, 0.1) is 0 Å². The van der Waals surface area contributed by atoms with Gasteiger partial charge in [-0.3, -0.25) is 4.79 Å². The van der Waals surface area contributed by atoms with E-state index in [1.165, 1.54) is 37.8 Å². The molecule has 8 heteroatoms. The highest BCUT2D eigenvalue weighted by Crippen LogP contribution is 2.35. The summed E-state index contributed by atoms with van der Waals surface area (Å²) < 4.78 is 44.0. The zero-order valence-corrected chi connectivity index (χ0v) is 11.6. The zero-order valence-electron chi connectivity index (χ0n) is 11.6. The molecule has 1 aromatic heterocycles. The summed E-state index contributed by atoms with van der Waals surface area (Å²) in [6.07, 6.45) is -2.96. The summed E-state index contributed by atoms with van der Waals surface area (Å²) in [5, 5.41) is 2.51. The number of halogens is 3. The summed E-state index contributed by atoms with van der Waals surface area (Å²) in [6, 6.07) is 4.84. The fraction of sp³-hybridized carbons (Fsp3) is 0.286. The normalized spacial score (nSPS) is 12.9. The van der Waals surface area contributed by atoms with Gasteiger partial charge in [0.05, 0.1) is 24.1 Å². The van der Waals surface area contributed by atoms with Crippen molar-refractivity contribution in [2.45, 2.75) is 18.8 Å². The molecule has 0 bridgehead atoms. The quantitative estimate of drug-likeness (QED) is 0.891. The molecule has 2 rings (SSSR count). The van der Waals surface area contributed by atoms with Gasteiger partial charge < -0.3 is 15.0 Å². The third-order valence-corrected chi connectivity index (χ3v) is 3.03. The molecule has 1 aromatic carbocycles. The lowest BCUT2D eigenvalue weighted by molar-refractivity contribution is -0.141. The number of carbonyl (C=O) groups is 1. The van der Waals surface area contributed by atoms with Gasteiger partial charge >= 0.3 is 6.18 Å². The third kappa shape index (κ3) is 3.64. The van der Waals surface area contributed by atoms with E-state index in [1.54, 1.807) is 0 Å². The van der Waals surface area contributed by atoms with Crippen LogP contribution in [0.15, 0.2) is 36.8 Å². The van der Waals surface area contributed by atoms with Gasteiger partial charge in [-0.2, -0.15) is 13.2 Å². The molecule has 0 saturated carbocycles. The topological polar surface area (TPSA) is 67.0 Å². The van der Waals surface area contributed by atoms with Crippen LogP contribution in [0.25, 0.3) is 0 Å². The average Bonchev–Trinajstić information content (AvgIpc) is 2.99. The smallest absolute Gasteiger partial charge is 0.367 e. The molecule has 0 saturated heterocycles. The number of alkyl halides is 3. The molecular formula is C14H14F3N3O2. The minimum atomic E-state index is -4.56. The molecule has 2 aromatic rings. The highest BCUT2D eigenvalue weighted by atomic mass is 19.4. The largest absolute Gasteiger partial charge is 0.416 e. The molecule has 22 heavy (non-hydrogen) atoms. The van der Waals surface area contributed by atoms with Gasteiger partial charge in [0.1, 0.15) is 0 Å². The number of hydrogen-bond acceptors (Lipinski definition) is 3. The summed E-state index contributed by atoms with van der Waals surface area (Å²) in [5.41, 5.74) is -0.481. The molecule has 1 amide bonds. The van der Waals surface area contributed by atoms with Crippen LogP contribution in [0.4, 0.5) is 13.2 Å². The van der Waals surface area contributed by atoms with Crippen LogP contribution >= 0.6 is 0 Å². The molecule has 2 N–H and O–H groups in total. The molecule has 1 atom stereocenters. The molecular weight excluding hydrogens is 299 g/mol. The summed E-state index contributed by atoms with van der Waals surface area (Å²) in [6.45, 7) is 0.118. The van der Waals surface area contributed by atoms with E-state index in [0.29, 0.717) is 5.69 Å². The van der Waals surface area contributed by atoms with Crippen LogP contribution in [0.2, 0.25) is 0 Å². The highest BCUT2D eigenvalue weighted by molar-refractivity contribution is 5.82. The number of ether oxygens (including phenoxy) is 1. The van der Waals surface area contributed by atoms with E-state index in [9.17, 15) is 18.0 Å². The van der Waals surface area contributed by atoms with Gasteiger partial charge in [-0.25, -0.2) is 4.98 Å². The van der Waals surface area contributed by atoms with Crippen molar-refractivity contribution >= 4 is 5.91 Å². The highest BCUT2D eigenvalue weighted by Gasteiger charge is 2.36. The number of benzene rings is 1. The van der Waals surface area contributed by atoms with E-state index < -0.39 is 23.8 Å². The number of amides is 1. The predicted molar refractivity (Wildman–Crippen MR) is 71.6 cm³/mol. The number of imidazole rings is 1. The Balaban J connectivity index is 2.19. The number of H-pyrrole nitrogens is 1. The maximum absolute atomic E-state index is 13.0. The van der Waals surface area contributed by atoms with Crippen LogP contribution in [0.1, 0.15) is 22.9 Å². The molecule has 0 fully saturated rings. The second-order valence-corrected chi connectivity index (χ2v) is 4.50. The van der Waals surface area contributed by atoms with E-state index in [2.05, 4.69) is 15.3 Å². The Labute approximate surface area is 124 Å². The molecule has 0 spiro atoms. The van der Waals surface area contributed by atoms with Gasteiger partial charge in [-0.1, -0.05) is 18.2 Å². The Morgan fingerprint density at radius 3 is 2.73 bits per heavy atom. The molecule has 0 radical (unpaired) electrons. The maximum atomic E-state index is 13.0. The van der Waals surface area contributed by atoms with Gasteiger partial charge in [0, 0.05) is 18.9 Å². The average molecular weight is 313 g/mol. The molecule has 1 heterocycles. The maximum Gasteiger partial charge on any atom is 0.416 e. The monoisotopic (exact) mass is 313 g/mol. The number of nitrogens with one attached hydrogen (secondary N) is 2. The lowest BCUT2D eigenvalue weighted by atomic mass is 10.0. The number of carbonyl (C=O) groups excluding carboxylic acids is 1. The molecule has 0 aliphatic carbocycles. The Morgan fingerprint density at radius 2 is 2.14 bits per heavy atom. The molecule has 0 aliphatic heterocycles. The Morgan fingerprint density at radius 1 is 1.41 bits per heavy atom. The second kappa shape index (κ2) is 6.61. The lowest BCUT2D eigenvalue weighted by Gasteiger charge is -2.20. The first-order chi connectivity index (χ1) is 10.4. The van der Waals surface area contributed by atoms with Crippen LogP contribution < -0.4 is 5.32 Å². The molecule has 1 unspecified atom stereocenters. The van der Waals surface area contributed by atoms with E-state index in [-0.39, 0.29) is 12.1 Å². The predicted octanol–water partition coefficient (Wildman–Crippen LogP) is 2.43. The lowest BCUT2D eigenvalue weighted by Crippen LogP contribution is -2.31. The summed E-state index contributed by atoms with van der Waals surface area (Å²) >= 11 is 0. The Bertz CT molecular complexity index is 627. The zero-order chi connectivity index (χ0) is 16.2. The fourth-order valence-electron chi connectivity index (χ4n) is 2.02. The van der Waals surface area contributed by atoms with Crippen LogP contribution in [-0.2, 0) is 22.3 Å². The van der Waals surface area contributed by atoms with Crippen LogP contribution in [0.3, 0.4) is 0 Å². The van der Waals surface area contributed by atoms with Gasteiger partial charge in [0.25, 0.3) is 5.91 Å². The Hall–Kier alpha value is -2.35. The van der Waals surface area contributed by atoms with Crippen molar-refractivity contribution in [1.29, 1.82) is 0 Å². The second-order valence-electron chi connectivity index (χ2n) is 4.50. The standard InChI is InChI=1S/C14H14F3N3O2/c1-22-12(13(21)19-7-9-6-18-8-20-9)10-4-2-3-5-11(10)14(15,16)17/h2-6,8,12H,7H2,1H3,(H,18,20)(H,19,21). The van der Waals surface area contributed by atoms with Gasteiger partial charge in [-0.15, -0.1) is 0 Å². The van der Waals surface area contributed by atoms with Gasteiger partial charge in [0.2, 0.25) is 0 Å². The minimum Gasteiger partial charge on any atom is -0.367 e. The number of hydrogen-bond donors (Lipinski definition) is 2. The number of methoxy groups -OCH3 is 1. The number of aromatic nitrogens is 2. The van der Waals surface area contributed by atoms with Crippen molar-refractivity contribution < 1.29 is 22.7 Å². The first kappa shape index (κ1) is 16.0. The van der Waals surface area contributed by atoms with Crippen molar-refractivity contribution in [2.75, 3.05) is 7.11 Å². The molecule has 0 aliphatic rings. The van der Waals surface area contributed by atoms with Crippen molar-refractivity contribution in [3.63, 3.8) is 0 Å². The van der Waals surface area contributed by atoms with Gasteiger partial charge in [-0.05, 0) is 6.07 Å². The van der Waals surface area contributed by atoms with Crippen LogP contribution in [0.5, 0.6) is 0 Å². The van der Waals surface area contributed by atoms with E-state index >= 15 is 0 Å². The third-order valence-electron chi connectivity index (χ3n) is 3.03. The van der Waals surface area contributed by atoms with Crippen molar-refractivity contribution in [3.8, 4) is 0 Å². The Kier molecular flexibility index (Phi) is 4.81. The van der Waals surface area contributed by atoms with Crippen molar-refractivity contribution in [3.05, 3.63) is 53.6 Å². The SMILES string of the molecule is COC(C(=O)NCc1cnc[nH]1)c1ccccc1C(F)(F)F. The van der Waals surface area contributed by atoms with E-state index in [0.717, 1.165) is 6.07 Å². The number of aromatic amines is 1. The number of nitrogens with zero attached hydrogens (tertiary/aromatic N) is 1. The van der Waals surface area contributed by atoms with Crippen molar-refractivity contribution in [2.24, 2.45) is 0 Å². The number of rotatable bonds is 5. The van der Waals surface area contributed by atoms with Gasteiger partial charge in [0.15, 0.2) is 6.10 Å². The summed E-state index contributed by atoms with van der Waals surface area (Å²) in [5.74, 6) is -0.659. The molecule has 118 valence electrons. The van der Waals surface area contributed by atoms with Crippen molar-refractivity contribution in [1.82, 2.24) is 15.3 Å². The summed E-state index contributed by atoms with van der Waals surface area (Å²) in [4.78, 5) is 18.7. The first-order valence-electron chi connectivity index (χ1n) is 6.37. The first-order valence-corrected chi connectivity index (χ1v) is 6.37. The van der Waals surface area contributed by atoms with Crippen LogP contribution in [-0.4, -0.2) is 23.0 Å². The summed E-state index contributed by atoms with van der Waals surface area (Å²) in [7, 11) is 1.19. The van der Waals surface area contributed by atoms with E-state index in [4.69, 9.17) is 4.74 Å². The minimum absolute atomic E-state index is 0.118. The van der Waals surface area contributed by atoms with E-state index in [1.807, 2.05) is 0 Å². The molecule has 5 nitrogen and oxygen atoms in total.